The van der Waals surface area contributed by atoms with Crippen LogP contribution in [0.25, 0.3) is 0 Å². The number of methoxy groups -OCH3 is 1. The minimum atomic E-state index is -0.637. The van der Waals surface area contributed by atoms with Crippen LogP contribution in [0.15, 0.2) is 58.6 Å². The van der Waals surface area contributed by atoms with Crippen LogP contribution in [0.1, 0.15) is 16.7 Å². The number of carbonyl (C=O) groups is 2. The molecule has 4 rings (SSSR count). The van der Waals surface area contributed by atoms with Crippen LogP contribution in [0.4, 0.5) is 4.79 Å². The fraction of sp³-hybridized carbons (Fsp3) is 0.273. The van der Waals surface area contributed by atoms with Crippen molar-refractivity contribution in [1.82, 2.24) is 20.5 Å². The summed E-state index contributed by atoms with van der Waals surface area (Å²) in [7, 11) is 3.24. The number of carbonyl (C=O) groups excluding carboxylic acids is 2. The fourth-order valence-corrected chi connectivity index (χ4v) is 3.65. The van der Waals surface area contributed by atoms with Gasteiger partial charge in [0, 0.05) is 13.6 Å². The van der Waals surface area contributed by atoms with Crippen molar-refractivity contribution in [3.63, 3.8) is 0 Å². The molecule has 2 heterocycles. The first-order valence-corrected chi connectivity index (χ1v) is 9.87. The van der Waals surface area contributed by atoms with Crippen LogP contribution in [-0.4, -0.2) is 60.3 Å². The number of nitrogens with zero attached hydrogens (tertiary/aromatic N) is 4. The summed E-state index contributed by atoms with van der Waals surface area (Å²) in [4.78, 5) is 32.6. The van der Waals surface area contributed by atoms with Gasteiger partial charge in [0.15, 0.2) is 12.2 Å². The maximum absolute atomic E-state index is 12.6. The van der Waals surface area contributed by atoms with E-state index >= 15 is 0 Å². The topological polar surface area (TPSA) is 98.6 Å². The number of hydrogen-bond acceptors (Lipinski definition) is 7. The molecule has 0 bridgehead atoms. The van der Waals surface area contributed by atoms with Gasteiger partial charge in [-0.25, -0.2) is 15.2 Å². The van der Waals surface area contributed by atoms with Crippen LogP contribution >= 0.6 is 0 Å². The molecular weight excluding hydrogens is 396 g/mol. The molecule has 0 aromatic heterocycles. The van der Waals surface area contributed by atoms with Crippen molar-refractivity contribution in [3.05, 3.63) is 65.2 Å². The molecule has 0 spiro atoms. The van der Waals surface area contributed by atoms with E-state index in [-0.39, 0.29) is 5.91 Å². The molecule has 0 aliphatic carbocycles. The summed E-state index contributed by atoms with van der Waals surface area (Å²) in [5.41, 5.74) is 5.98. The SMILES string of the molecule is COc1ccc(/C=N/NC2=NC3C(C(=O)NC(=O)N3C)N2Cc2cccc(C)c2)cc1. The molecule has 1 fully saturated rings. The lowest BCUT2D eigenvalue weighted by molar-refractivity contribution is -0.127. The van der Waals surface area contributed by atoms with Gasteiger partial charge in [0.1, 0.15) is 5.75 Å². The Labute approximate surface area is 180 Å². The fourth-order valence-electron chi connectivity index (χ4n) is 3.65. The third kappa shape index (κ3) is 4.20. The van der Waals surface area contributed by atoms with Crippen LogP contribution in [0.3, 0.4) is 0 Å². The van der Waals surface area contributed by atoms with Crippen LogP contribution in [-0.2, 0) is 11.3 Å². The molecule has 9 nitrogen and oxygen atoms in total. The summed E-state index contributed by atoms with van der Waals surface area (Å²) in [5, 5.41) is 6.69. The molecule has 2 unspecified atom stereocenters. The number of guanidine groups is 1. The molecule has 2 aromatic rings. The second kappa shape index (κ2) is 8.47. The van der Waals surface area contributed by atoms with E-state index in [0.717, 1.165) is 22.4 Å². The summed E-state index contributed by atoms with van der Waals surface area (Å²) >= 11 is 0. The van der Waals surface area contributed by atoms with Gasteiger partial charge >= 0.3 is 6.03 Å². The highest BCUT2D eigenvalue weighted by Gasteiger charge is 2.48. The Kier molecular flexibility index (Phi) is 5.57. The molecule has 3 amide bonds. The summed E-state index contributed by atoms with van der Waals surface area (Å²) in [6.07, 6.45) is 1.04. The number of aliphatic imine (C=N–C) groups is 1. The van der Waals surface area contributed by atoms with E-state index in [4.69, 9.17) is 4.74 Å². The van der Waals surface area contributed by atoms with Gasteiger partial charge in [0.05, 0.1) is 13.3 Å². The number of benzene rings is 2. The number of urea groups is 1. The van der Waals surface area contributed by atoms with Gasteiger partial charge in [0.25, 0.3) is 5.91 Å². The minimum absolute atomic E-state index is 0.375. The van der Waals surface area contributed by atoms with Crippen LogP contribution in [0, 0.1) is 6.92 Å². The third-order valence-electron chi connectivity index (χ3n) is 5.29. The van der Waals surface area contributed by atoms with Gasteiger partial charge in [-0.15, -0.1) is 0 Å². The van der Waals surface area contributed by atoms with Crippen molar-refractivity contribution in [2.24, 2.45) is 10.1 Å². The largest absolute Gasteiger partial charge is 0.497 e. The highest BCUT2D eigenvalue weighted by atomic mass is 16.5. The van der Waals surface area contributed by atoms with Crippen molar-refractivity contribution in [2.75, 3.05) is 14.2 Å². The number of amides is 3. The zero-order valence-electron chi connectivity index (χ0n) is 17.6. The van der Waals surface area contributed by atoms with Crippen LogP contribution in [0.2, 0.25) is 0 Å². The van der Waals surface area contributed by atoms with E-state index in [1.807, 2.05) is 54.3 Å². The predicted octanol–water partition coefficient (Wildman–Crippen LogP) is 1.68. The van der Waals surface area contributed by atoms with E-state index in [1.54, 1.807) is 20.4 Å². The average molecular weight is 420 g/mol. The standard InChI is InChI=1S/C22H24N6O3/c1-14-5-4-6-16(11-14)13-28-18-19(27(2)22(30)25-20(18)29)24-21(28)26-23-12-15-7-9-17(31-3)10-8-15/h4-12,18-19H,13H2,1-3H3,(H,24,26)(H,25,29,30)/b23-12+. The molecule has 2 N–H and O–H groups in total. The summed E-state index contributed by atoms with van der Waals surface area (Å²) in [5.74, 6) is 0.816. The molecular formula is C22H24N6O3. The number of hydrogen-bond donors (Lipinski definition) is 2. The number of imide groups is 1. The second-order valence-electron chi connectivity index (χ2n) is 7.48. The molecule has 0 saturated carbocycles. The number of likely N-dealkylation sites (N-methyl/N-ethyl adjacent to an activating group) is 1. The lowest BCUT2D eigenvalue weighted by atomic mass is 10.1. The van der Waals surface area contributed by atoms with Gasteiger partial charge in [-0.05, 0) is 42.3 Å². The Morgan fingerprint density at radius 3 is 2.71 bits per heavy atom. The molecule has 2 aliphatic rings. The Hall–Kier alpha value is -3.88. The number of hydrazone groups is 1. The van der Waals surface area contributed by atoms with Gasteiger partial charge < -0.3 is 14.5 Å². The monoisotopic (exact) mass is 420 g/mol. The molecule has 2 atom stereocenters. The Balaban J connectivity index is 1.58. The number of aryl methyl sites for hydroxylation is 1. The molecule has 0 radical (unpaired) electrons. The number of ether oxygens (including phenoxy) is 1. The molecule has 31 heavy (non-hydrogen) atoms. The molecule has 9 heteroatoms. The Bertz CT molecular complexity index is 1050. The Morgan fingerprint density at radius 1 is 1.23 bits per heavy atom. The highest BCUT2D eigenvalue weighted by Crippen LogP contribution is 2.25. The highest BCUT2D eigenvalue weighted by molar-refractivity contribution is 6.03. The molecule has 2 aliphatic heterocycles. The lowest BCUT2D eigenvalue weighted by Gasteiger charge is -2.36. The normalized spacial score (nSPS) is 20.5. The first-order chi connectivity index (χ1) is 15.0. The quantitative estimate of drug-likeness (QED) is 0.566. The minimum Gasteiger partial charge on any atom is -0.497 e. The third-order valence-corrected chi connectivity index (χ3v) is 5.29. The van der Waals surface area contributed by atoms with Crippen molar-refractivity contribution >= 4 is 24.1 Å². The number of rotatable bonds is 5. The molecule has 2 aromatic carbocycles. The van der Waals surface area contributed by atoms with Gasteiger partial charge in [-0.3, -0.25) is 10.1 Å². The van der Waals surface area contributed by atoms with Crippen molar-refractivity contribution in [2.45, 2.75) is 25.7 Å². The van der Waals surface area contributed by atoms with E-state index in [9.17, 15) is 9.59 Å². The smallest absolute Gasteiger partial charge is 0.325 e. The summed E-state index contributed by atoms with van der Waals surface area (Å²) < 4.78 is 5.16. The zero-order chi connectivity index (χ0) is 22.0. The first-order valence-electron chi connectivity index (χ1n) is 9.87. The van der Waals surface area contributed by atoms with Crippen molar-refractivity contribution in [3.8, 4) is 5.75 Å². The molecule has 160 valence electrons. The molecule has 1 saturated heterocycles. The number of fused-ring (bicyclic) bond motifs is 1. The van der Waals surface area contributed by atoms with E-state index < -0.39 is 18.2 Å². The van der Waals surface area contributed by atoms with Gasteiger partial charge in [-0.2, -0.15) is 5.10 Å². The van der Waals surface area contributed by atoms with Crippen LogP contribution < -0.4 is 15.5 Å². The maximum atomic E-state index is 12.6. The predicted molar refractivity (Wildman–Crippen MR) is 117 cm³/mol. The van der Waals surface area contributed by atoms with E-state index in [2.05, 4.69) is 26.9 Å². The second-order valence-corrected chi connectivity index (χ2v) is 7.48. The number of nitrogens with one attached hydrogen (secondary N) is 2. The van der Waals surface area contributed by atoms with Gasteiger partial charge in [-0.1, -0.05) is 29.8 Å². The lowest BCUT2D eigenvalue weighted by Crippen LogP contribution is -2.63. The zero-order valence-corrected chi connectivity index (χ0v) is 17.6. The van der Waals surface area contributed by atoms with E-state index in [1.165, 1.54) is 4.90 Å². The van der Waals surface area contributed by atoms with Crippen LogP contribution in [0.5, 0.6) is 5.75 Å². The van der Waals surface area contributed by atoms with Gasteiger partial charge in [0.2, 0.25) is 5.96 Å². The average Bonchev–Trinajstić information content (AvgIpc) is 3.11. The van der Waals surface area contributed by atoms with Crippen molar-refractivity contribution in [1.29, 1.82) is 0 Å². The first kappa shape index (κ1) is 20.4. The van der Waals surface area contributed by atoms with E-state index in [0.29, 0.717) is 12.5 Å². The Morgan fingerprint density at radius 2 is 2.00 bits per heavy atom. The maximum Gasteiger partial charge on any atom is 0.325 e. The summed E-state index contributed by atoms with van der Waals surface area (Å²) in [6, 6.07) is 14.4. The van der Waals surface area contributed by atoms with Crippen molar-refractivity contribution < 1.29 is 14.3 Å². The summed E-state index contributed by atoms with van der Waals surface area (Å²) in [6.45, 7) is 2.46.